The van der Waals surface area contributed by atoms with Crippen molar-refractivity contribution >= 4 is 27.7 Å². The molecule has 0 aliphatic rings. The molecule has 3 rings (SSSR count). The predicted octanol–water partition coefficient (Wildman–Crippen LogP) is 3.41. The van der Waals surface area contributed by atoms with Gasteiger partial charge in [-0.2, -0.15) is 0 Å². The number of anilines is 1. The van der Waals surface area contributed by atoms with Gasteiger partial charge >= 0.3 is 0 Å². The van der Waals surface area contributed by atoms with Gasteiger partial charge in [-0.1, -0.05) is 36.4 Å². The van der Waals surface area contributed by atoms with E-state index in [2.05, 4.69) is 10.0 Å². The first-order valence-electron chi connectivity index (χ1n) is 8.20. The summed E-state index contributed by atoms with van der Waals surface area (Å²) < 4.78 is 32.7. The molecule has 1 aromatic heterocycles. The summed E-state index contributed by atoms with van der Waals surface area (Å²) in [5, 5.41) is 2.73. The minimum Gasteiger partial charge on any atom is -0.465 e. The molecule has 2 N–H and O–H groups in total. The topological polar surface area (TPSA) is 88.4 Å². The minimum absolute atomic E-state index is 0.171. The van der Waals surface area contributed by atoms with Gasteiger partial charge in [-0.05, 0) is 42.0 Å². The summed E-state index contributed by atoms with van der Waals surface area (Å²) in [6.07, 6.45) is 4.43. The summed E-state index contributed by atoms with van der Waals surface area (Å²) in [5.74, 6) is 0.258. The summed E-state index contributed by atoms with van der Waals surface area (Å²) in [6, 6.07) is 18.5. The molecule has 0 bridgehead atoms. The SMILES string of the molecule is O=C(/C=C/c1ccco1)NCc1ccccc1NS(=O)(=O)c1ccccc1. The second kappa shape index (κ2) is 8.37. The maximum atomic E-state index is 12.5. The van der Waals surface area contributed by atoms with Crippen LogP contribution in [-0.2, 0) is 21.4 Å². The number of amides is 1. The van der Waals surface area contributed by atoms with Crippen molar-refractivity contribution in [3.05, 3.63) is 90.4 Å². The first-order valence-corrected chi connectivity index (χ1v) is 9.68. The molecule has 27 heavy (non-hydrogen) atoms. The first-order chi connectivity index (χ1) is 13.0. The van der Waals surface area contributed by atoms with Crippen molar-refractivity contribution in [1.29, 1.82) is 0 Å². The van der Waals surface area contributed by atoms with Crippen LogP contribution in [0.3, 0.4) is 0 Å². The largest absolute Gasteiger partial charge is 0.465 e. The molecule has 0 radical (unpaired) electrons. The van der Waals surface area contributed by atoms with Crippen LogP contribution in [0, 0.1) is 0 Å². The summed E-state index contributed by atoms with van der Waals surface area (Å²) in [7, 11) is -3.70. The quantitative estimate of drug-likeness (QED) is 0.613. The Kier molecular flexibility index (Phi) is 5.73. The Hall–Kier alpha value is -3.32. The molecule has 0 saturated heterocycles. The number of sulfonamides is 1. The average molecular weight is 382 g/mol. The summed E-state index contributed by atoms with van der Waals surface area (Å²) >= 11 is 0. The van der Waals surface area contributed by atoms with Gasteiger partial charge < -0.3 is 9.73 Å². The van der Waals surface area contributed by atoms with E-state index in [1.807, 2.05) is 0 Å². The van der Waals surface area contributed by atoms with Gasteiger partial charge in [0.05, 0.1) is 16.8 Å². The zero-order valence-corrected chi connectivity index (χ0v) is 15.1. The summed E-state index contributed by atoms with van der Waals surface area (Å²) in [5.41, 5.74) is 1.06. The number of furan rings is 1. The molecule has 0 fully saturated rings. The number of nitrogens with one attached hydrogen (secondary N) is 2. The fourth-order valence-electron chi connectivity index (χ4n) is 2.36. The van der Waals surface area contributed by atoms with E-state index in [0.717, 1.165) is 0 Å². The van der Waals surface area contributed by atoms with E-state index in [0.29, 0.717) is 17.0 Å². The molecule has 6 nitrogen and oxygen atoms in total. The van der Waals surface area contributed by atoms with Crippen molar-refractivity contribution in [2.75, 3.05) is 4.72 Å². The third kappa shape index (κ3) is 5.08. The maximum Gasteiger partial charge on any atom is 0.261 e. The second-order valence-electron chi connectivity index (χ2n) is 5.64. The summed E-state index contributed by atoms with van der Waals surface area (Å²) in [6.45, 7) is 0.175. The molecule has 7 heteroatoms. The zero-order chi connectivity index (χ0) is 19.1. The van der Waals surface area contributed by atoms with Crippen LogP contribution in [-0.4, -0.2) is 14.3 Å². The van der Waals surface area contributed by atoms with Crippen LogP contribution in [0.5, 0.6) is 0 Å². The van der Waals surface area contributed by atoms with E-state index in [9.17, 15) is 13.2 Å². The highest BCUT2D eigenvalue weighted by Gasteiger charge is 2.15. The molecular weight excluding hydrogens is 364 g/mol. The molecule has 0 saturated carbocycles. The van der Waals surface area contributed by atoms with Gasteiger partial charge in [0.15, 0.2) is 0 Å². The number of hydrogen-bond acceptors (Lipinski definition) is 4. The number of carbonyl (C=O) groups excluding carboxylic acids is 1. The van der Waals surface area contributed by atoms with Gasteiger partial charge in [0, 0.05) is 12.6 Å². The molecule has 2 aromatic carbocycles. The molecule has 1 heterocycles. The van der Waals surface area contributed by atoms with Gasteiger partial charge in [-0.3, -0.25) is 9.52 Å². The number of para-hydroxylation sites is 1. The van der Waals surface area contributed by atoms with E-state index >= 15 is 0 Å². The van der Waals surface area contributed by atoms with Crippen molar-refractivity contribution in [2.45, 2.75) is 11.4 Å². The van der Waals surface area contributed by atoms with Crippen LogP contribution >= 0.6 is 0 Å². The Bertz CT molecular complexity index is 1030. The normalized spacial score (nSPS) is 11.4. The lowest BCUT2D eigenvalue weighted by Gasteiger charge is -2.13. The second-order valence-corrected chi connectivity index (χ2v) is 7.32. The van der Waals surface area contributed by atoms with Crippen LogP contribution in [0.25, 0.3) is 6.08 Å². The average Bonchev–Trinajstić information content (AvgIpc) is 3.20. The lowest BCUT2D eigenvalue weighted by atomic mass is 10.2. The van der Waals surface area contributed by atoms with Crippen LogP contribution in [0.1, 0.15) is 11.3 Å². The Morgan fingerprint density at radius 1 is 0.963 bits per heavy atom. The van der Waals surface area contributed by atoms with Gasteiger partial charge in [-0.15, -0.1) is 0 Å². The first kappa shape index (κ1) is 18.5. The van der Waals surface area contributed by atoms with E-state index in [4.69, 9.17) is 4.42 Å². The Labute approximate surface area is 157 Å². The predicted molar refractivity (Wildman–Crippen MR) is 103 cm³/mol. The van der Waals surface area contributed by atoms with Gasteiger partial charge in [0.25, 0.3) is 10.0 Å². The zero-order valence-electron chi connectivity index (χ0n) is 14.3. The van der Waals surface area contributed by atoms with Gasteiger partial charge in [-0.25, -0.2) is 8.42 Å². The van der Waals surface area contributed by atoms with Crippen molar-refractivity contribution in [3.63, 3.8) is 0 Å². The highest BCUT2D eigenvalue weighted by atomic mass is 32.2. The lowest BCUT2D eigenvalue weighted by Crippen LogP contribution is -2.22. The summed E-state index contributed by atoms with van der Waals surface area (Å²) in [4.78, 5) is 12.1. The van der Waals surface area contributed by atoms with E-state index < -0.39 is 10.0 Å². The Morgan fingerprint density at radius 2 is 1.70 bits per heavy atom. The molecule has 0 spiro atoms. The fraction of sp³-hybridized carbons (Fsp3) is 0.0500. The monoisotopic (exact) mass is 382 g/mol. The highest BCUT2D eigenvalue weighted by Crippen LogP contribution is 2.20. The smallest absolute Gasteiger partial charge is 0.261 e. The molecule has 1 amide bonds. The number of rotatable bonds is 7. The highest BCUT2D eigenvalue weighted by molar-refractivity contribution is 7.92. The van der Waals surface area contributed by atoms with Crippen molar-refractivity contribution in [3.8, 4) is 0 Å². The molecular formula is C20H18N2O4S. The third-order valence-corrected chi connectivity index (χ3v) is 5.09. The third-order valence-electron chi connectivity index (χ3n) is 3.71. The molecule has 138 valence electrons. The number of benzene rings is 2. The fourth-order valence-corrected chi connectivity index (χ4v) is 3.48. The van der Waals surface area contributed by atoms with Gasteiger partial charge in [0.2, 0.25) is 5.91 Å². The molecule has 0 atom stereocenters. The van der Waals surface area contributed by atoms with Crippen LogP contribution in [0.15, 0.2) is 88.4 Å². The molecule has 0 aliphatic carbocycles. The van der Waals surface area contributed by atoms with E-state index in [1.165, 1.54) is 24.5 Å². The minimum atomic E-state index is -3.70. The molecule has 0 unspecified atom stereocenters. The molecule has 0 aliphatic heterocycles. The van der Waals surface area contributed by atoms with Crippen LogP contribution < -0.4 is 10.0 Å². The molecule has 3 aromatic rings. The number of hydrogen-bond donors (Lipinski definition) is 2. The van der Waals surface area contributed by atoms with Gasteiger partial charge in [0.1, 0.15) is 5.76 Å². The Balaban J connectivity index is 1.68. The van der Waals surface area contributed by atoms with E-state index in [1.54, 1.807) is 60.7 Å². The van der Waals surface area contributed by atoms with Crippen LogP contribution in [0.4, 0.5) is 5.69 Å². The maximum absolute atomic E-state index is 12.5. The standard InChI is InChI=1S/C20H18N2O4S/c23-20(13-12-17-8-6-14-26-17)21-15-16-7-4-5-11-19(16)22-27(24,25)18-9-2-1-3-10-18/h1-14,22H,15H2,(H,21,23)/b13-12+. The van der Waals surface area contributed by atoms with Crippen molar-refractivity contribution in [1.82, 2.24) is 5.32 Å². The Morgan fingerprint density at radius 3 is 2.44 bits per heavy atom. The lowest BCUT2D eigenvalue weighted by molar-refractivity contribution is -0.116. The van der Waals surface area contributed by atoms with Crippen molar-refractivity contribution < 1.29 is 17.6 Å². The number of carbonyl (C=O) groups is 1. The van der Waals surface area contributed by atoms with E-state index in [-0.39, 0.29) is 17.3 Å². The van der Waals surface area contributed by atoms with Crippen LogP contribution in [0.2, 0.25) is 0 Å². The van der Waals surface area contributed by atoms with Crippen molar-refractivity contribution in [2.24, 2.45) is 0 Å².